The molecule has 6 nitrogen and oxygen atoms in total. The van der Waals surface area contributed by atoms with Gasteiger partial charge in [-0.1, -0.05) is 42.5 Å². The molecule has 0 amide bonds. The maximum atomic E-state index is 12.6. The summed E-state index contributed by atoms with van der Waals surface area (Å²) in [6.45, 7) is 0.413. The quantitative estimate of drug-likeness (QED) is 0.597. The normalized spacial score (nSPS) is 14.1. The molecule has 2 aromatic carbocycles. The molecular formula is C22H18N3O3+. The number of fused-ring (bicyclic) bond motifs is 1. The van der Waals surface area contributed by atoms with Crippen molar-refractivity contribution >= 4 is 11.9 Å². The van der Waals surface area contributed by atoms with Crippen molar-refractivity contribution in [1.82, 2.24) is 0 Å². The van der Waals surface area contributed by atoms with Crippen LogP contribution in [0, 0.1) is 22.7 Å². The average Bonchev–Trinajstić information content (AvgIpc) is 3.01. The minimum Gasteiger partial charge on any atom is -0.507 e. The minimum absolute atomic E-state index is 0.0268. The van der Waals surface area contributed by atoms with E-state index in [2.05, 4.69) is 0 Å². The van der Waals surface area contributed by atoms with E-state index in [1.165, 1.54) is 12.1 Å². The molecule has 0 aliphatic carbocycles. The number of aromatic hydroxyl groups is 1. The predicted molar refractivity (Wildman–Crippen MR) is 102 cm³/mol. The maximum absolute atomic E-state index is 12.6. The zero-order valence-corrected chi connectivity index (χ0v) is 15.1. The first kappa shape index (κ1) is 18.9. The molecule has 2 N–H and O–H groups in total. The second kappa shape index (κ2) is 8.68. The molecule has 0 spiro atoms. The van der Waals surface area contributed by atoms with Crippen LogP contribution in [0.25, 0.3) is 6.08 Å². The van der Waals surface area contributed by atoms with Crippen molar-refractivity contribution in [3.05, 3.63) is 77.1 Å². The number of hydrogen-bond acceptors (Lipinski definition) is 5. The molecule has 0 atom stereocenters. The number of carbonyl (C=O) groups excluding carboxylic acids is 1. The fourth-order valence-corrected chi connectivity index (χ4v) is 2.95. The summed E-state index contributed by atoms with van der Waals surface area (Å²) in [5.74, 6) is 0.158. The van der Waals surface area contributed by atoms with Gasteiger partial charge >= 0.3 is 0 Å². The van der Waals surface area contributed by atoms with Crippen molar-refractivity contribution in [3.8, 4) is 23.6 Å². The van der Waals surface area contributed by atoms with E-state index in [0.717, 1.165) is 5.56 Å². The van der Waals surface area contributed by atoms with Crippen molar-refractivity contribution < 1.29 is 19.5 Å². The minimum atomic E-state index is -0.268. The zero-order valence-electron chi connectivity index (χ0n) is 15.1. The van der Waals surface area contributed by atoms with Crippen LogP contribution in [0.1, 0.15) is 21.5 Å². The van der Waals surface area contributed by atoms with E-state index in [9.17, 15) is 9.90 Å². The van der Waals surface area contributed by atoms with Crippen molar-refractivity contribution in [3.63, 3.8) is 0 Å². The highest BCUT2D eigenvalue weighted by Crippen LogP contribution is 2.38. The van der Waals surface area contributed by atoms with E-state index in [1.807, 2.05) is 48.5 Å². The molecule has 0 saturated heterocycles. The number of ether oxygens (including phenoxy) is 1. The van der Waals surface area contributed by atoms with Gasteiger partial charge < -0.3 is 14.7 Å². The number of hydrogen-bond donors (Lipinski definition) is 2. The average molecular weight is 372 g/mol. The van der Waals surface area contributed by atoms with Crippen LogP contribution in [-0.2, 0) is 6.54 Å². The Morgan fingerprint density at radius 2 is 1.79 bits per heavy atom. The number of allylic oxidation sites excluding steroid dienone is 3. The zero-order chi connectivity index (χ0) is 19.9. The first-order valence-electron chi connectivity index (χ1n) is 8.72. The Bertz CT molecular complexity index is 1010. The molecule has 1 aliphatic heterocycles. The smallest absolute Gasteiger partial charge is 0.231 e. The third-order valence-corrected chi connectivity index (χ3v) is 4.34. The molecule has 1 heterocycles. The van der Waals surface area contributed by atoms with Gasteiger partial charge in [-0.2, -0.15) is 10.5 Å². The number of nitriles is 2. The van der Waals surface area contributed by atoms with Gasteiger partial charge in [-0.25, -0.2) is 0 Å². The number of nitrogens with one attached hydrogen (secondary N) is 1. The maximum Gasteiger partial charge on any atom is 0.231 e. The van der Waals surface area contributed by atoms with Gasteiger partial charge in [0.25, 0.3) is 0 Å². The number of nitrogens with zero attached hydrogens (tertiary/aromatic N) is 2. The second-order valence-electron chi connectivity index (χ2n) is 6.27. The summed E-state index contributed by atoms with van der Waals surface area (Å²) in [7, 11) is 0. The Kier molecular flexibility index (Phi) is 5.86. The molecule has 0 aromatic heterocycles. The lowest BCUT2D eigenvalue weighted by Crippen LogP contribution is -3.10. The largest absolute Gasteiger partial charge is 0.507 e. The fourth-order valence-electron chi connectivity index (χ4n) is 2.95. The van der Waals surface area contributed by atoms with Gasteiger partial charge in [-0.3, -0.25) is 4.79 Å². The van der Waals surface area contributed by atoms with Gasteiger partial charge in [0.05, 0.1) is 11.1 Å². The molecule has 0 bridgehead atoms. The Balaban J connectivity index is 1.86. The van der Waals surface area contributed by atoms with Crippen molar-refractivity contribution in [2.75, 3.05) is 13.1 Å². The lowest BCUT2D eigenvalue weighted by atomic mass is 10.0. The van der Waals surface area contributed by atoms with Crippen LogP contribution >= 0.6 is 0 Å². The third kappa shape index (κ3) is 4.09. The Labute approximate surface area is 162 Å². The number of ketones is 1. The molecule has 0 radical (unpaired) electrons. The lowest BCUT2D eigenvalue weighted by molar-refractivity contribution is -0.899. The summed E-state index contributed by atoms with van der Waals surface area (Å²) >= 11 is 0. The van der Waals surface area contributed by atoms with Crippen LogP contribution in [0.4, 0.5) is 0 Å². The first-order valence-corrected chi connectivity index (χ1v) is 8.72. The van der Waals surface area contributed by atoms with Gasteiger partial charge in [-0.05, 0) is 23.8 Å². The van der Waals surface area contributed by atoms with E-state index in [4.69, 9.17) is 15.3 Å². The summed E-state index contributed by atoms with van der Waals surface area (Å²) in [5, 5.41) is 28.1. The SMILES string of the molecule is N#CC[NH+](CC#N)Cc1c(O)ccc2c1O/C(=C/C=C/c1ccccc1)C2=O. The molecule has 28 heavy (non-hydrogen) atoms. The topological polar surface area (TPSA) is 98.6 Å². The highest BCUT2D eigenvalue weighted by molar-refractivity contribution is 6.12. The van der Waals surface area contributed by atoms with E-state index < -0.39 is 0 Å². The third-order valence-electron chi connectivity index (χ3n) is 4.34. The van der Waals surface area contributed by atoms with E-state index in [0.29, 0.717) is 16.0 Å². The van der Waals surface area contributed by atoms with Crippen LogP contribution in [-0.4, -0.2) is 24.0 Å². The number of Topliss-reactive ketones (excluding diaryl/α,β-unsaturated/α-hetero) is 1. The number of phenols is 1. The molecule has 6 heteroatoms. The van der Waals surface area contributed by atoms with E-state index >= 15 is 0 Å². The van der Waals surface area contributed by atoms with Gasteiger partial charge in [0.2, 0.25) is 5.78 Å². The monoisotopic (exact) mass is 372 g/mol. The van der Waals surface area contributed by atoms with Crippen molar-refractivity contribution in [2.24, 2.45) is 0 Å². The molecule has 0 unspecified atom stereocenters. The number of carbonyl (C=O) groups is 1. The molecule has 1 aliphatic rings. The van der Waals surface area contributed by atoms with Crippen molar-refractivity contribution in [2.45, 2.75) is 6.54 Å². The fraction of sp³-hybridized carbons (Fsp3) is 0.136. The summed E-state index contributed by atoms with van der Waals surface area (Å²) in [4.78, 5) is 13.3. The summed E-state index contributed by atoms with van der Waals surface area (Å²) < 4.78 is 5.75. The summed E-state index contributed by atoms with van der Waals surface area (Å²) in [5.41, 5.74) is 1.77. The number of rotatable bonds is 6. The molecule has 2 aromatic rings. The van der Waals surface area contributed by atoms with Crippen LogP contribution in [0.3, 0.4) is 0 Å². The highest BCUT2D eigenvalue weighted by Gasteiger charge is 2.32. The van der Waals surface area contributed by atoms with Gasteiger partial charge in [-0.15, -0.1) is 0 Å². The Hall–Kier alpha value is -3.87. The molecular weight excluding hydrogens is 354 g/mol. The van der Waals surface area contributed by atoms with E-state index in [-0.39, 0.29) is 42.7 Å². The molecule has 0 fully saturated rings. The molecule has 3 rings (SSSR count). The predicted octanol–water partition coefficient (Wildman–Crippen LogP) is 2.00. The summed E-state index contributed by atoms with van der Waals surface area (Å²) in [6, 6.07) is 16.7. The first-order chi connectivity index (χ1) is 13.6. The standard InChI is InChI=1S/C22H17N3O3/c23-11-13-25(14-12-24)15-18-19(26)10-9-17-21(27)20(28-22(17)18)8-4-7-16-5-2-1-3-6-16/h1-10,26H,13-15H2/p+1/b7-4+,20-8+. The van der Waals surface area contributed by atoms with Crippen LogP contribution in [0.2, 0.25) is 0 Å². The summed E-state index contributed by atoms with van der Waals surface area (Å²) in [6.07, 6.45) is 5.18. The Morgan fingerprint density at radius 1 is 1.07 bits per heavy atom. The lowest BCUT2D eigenvalue weighted by Gasteiger charge is -2.15. The van der Waals surface area contributed by atoms with Gasteiger partial charge in [0.15, 0.2) is 24.6 Å². The molecule has 138 valence electrons. The van der Waals surface area contributed by atoms with Crippen LogP contribution in [0.15, 0.2) is 60.4 Å². The van der Waals surface area contributed by atoms with E-state index in [1.54, 1.807) is 12.2 Å². The van der Waals surface area contributed by atoms with Gasteiger partial charge in [0, 0.05) is 0 Å². The molecule has 0 saturated carbocycles. The van der Waals surface area contributed by atoms with Crippen LogP contribution < -0.4 is 9.64 Å². The Morgan fingerprint density at radius 3 is 2.46 bits per heavy atom. The second-order valence-corrected chi connectivity index (χ2v) is 6.27. The van der Waals surface area contributed by atoms with Gasteiger partial charge in [0.1, 0.15) is 24.4 Å². The van der Waals surface area contributed by atoms with Crippen molar-refractivity contribution in [1.29, 1.82) is 10.5 Å². The number of phenolic OH excluding ortho intramolecular Hbond substituents is 1. The van der Waals surface area contributed by atoms with Crippen LogP contribution in [0.5, 0.6) is 11.5 Å². The number of quaternary nitrogens is 1. The highest BCUT2D eigenvalue weighted by atomic mass is 16.5. The number of benzene rings is 2.